The lowest BCUT2D eigenvalue weighted by atomic mass is 9.74. The van der Waals surface area contributed by atoms with Crippen molar-refractivity contribution >= 4 is 5.78 Å². The van der Waals surface area contributed by atoms with E-state index in [1.165, 1.54) is 12.8 Å². The van der Waals surface area contributed by atoms with Gasteiger partial charge in [-0.3, -0.25) is 14.6 Å². The lowest BCUT2D eigenvalue weighted by Gasteiger charge is -2.53. The summed E-state index contributed by atoms with van der Waals surface area (Å²) in [7, 11) is 6.36. The maximum absolute atomic E-state index is 11.9. The molecule has 0 saturated carbocycles. The molecule has 0 spiro atoms. The third kappa shape index (κ3) is 4.69. The molecule has 0 amide bonds. The van der Waals surface area contributed by atoms with Crippen LogP contribution in [0.25, 0.3) is 0 Å². The quantitative estimate of drug-likeness (QED) is 0.761. The van der Waals surface area contributed by atoms with Gasteiger partial charge in [0, 0.05) is 28.6 Å². The number of likely N-dealkylation sites (N-methyl/N-ethyl adjacent to an activating group) is 1. The van der Waals surface area contributed by atoms with Crippen LogP contribution in [0, 0.1) is 5.92 Å². The van der Waals surface area contributed by atoms with Crippen molar-refractivity contribution in [1.82, 2.24) is 15.1 Å². The standard InChI is InChI=1S/C11H24N2.C11H21NO/c1-10(2)7-9(12-5)8-11(3,4)13(10)6;1-8-7-10(2,3)12(6)11(4,5)9(8)13/h9,12H,7-8H2,1-6H3;8H,7H2,1-6H3. The molecule has 2 saturated heterocycles. The van der Waals surface area contributed by atoms with Gasteiger partial charge in [-0.05, 0) is 95.8 Å². The summed E-state index contributed by atoms with van der Waals surface area (Å²) >= 11 is 0. The van der Waals surface area contributed by atoms with Crippen LogP contribution in [0.3, 0.4) is 0 Å². The molecule has 2 aliphatic heterocycles. The van der Waals surface area contributed by atoms with Gasteiger partial charge in [-0.25, -0.2) is 0 Å². The topological polar surface area (TPSA) is 35.6 Å². The molecular weight excluding hydrogens is 322 g/mol. The summed E-state index contributed by atoms with van der Waals surface area (Å²) in [4.78, 5) is 16.6. The number of nitrogens with zero attached hydrogens (tertiary/aromatic N) is 2. The number of Topliss-reactive ketones (excluding diaryl/α,β-unsaturated/α-hetero) is 1. The third-order valence-electron chi connectivity index (χ3n) is 7.32. The number of rotatable bonds is 1. The molecule has 2 rings (SSSR count). The fourth-order valence-electron chi connectivity index (χ4n) is 5.08. The summed E-state index contributed by atoms with van der Waals surface area (Å²) in [5.74, 6) is 0.565. The summed E-state index contributed by atoms with van der Waals surface area (Å²) in [5.41, 5.74) is 0.461. The lowest BCUT2D eigenvalue weighted by molar-refractivity contribution is -0.144. The number of likely N-dealkylation sites (tertiary alicyclic amines) is 2. The smallest absolute Gasteiger partial charge is 0.155 e. The minimum absolute atomic E-state index is 0.136. The Hall–Kier alpha value is -0.450. The van der Waals surface area contributed by atoms with Crippen molar-refractivity contribution in [3.05, 3.63) is 0 Å². The summed E-state index contributed by atoms with van der Waals surface area (Å²) in [5, 5.41) is 3.41. The zero-order valence-corrected chi connectivity index (χ0v) is 19.6. The molecule has 0 aliphatic carbocycles. The predicted octanol–water partition coefficient (Wildman–Crippen LogP) is 3.94. The second-order valence-electron chi connectivity index (χ2n) is 11.0. The first-order valence-electron chi connectivity index (χ1n) is 10.2. The molecule has 0 bridgehead atoms. The molecule has 0 aromatic rings. The fraction of sp³-hybridized carbons (Fsp3) is 0.955. The first-order valence-corrected chi connectivity index (χ1v) is 10.2. The Bertz CT molecular complexity index is 490. The van der Waals surface area contributed by atoms with Crippen molar-refractivity contribution in [2.75, 3.05) is 21.1 Å². The highest BCUT2D eigenvalue weighted by Crippen LogP contribution is 2.37. The fourth-order valence-corrected chi connectivity index (χ4v) is 5.08. The Morgan fingerprint density at radius 3 is 1.58 bits per heavy atom. The number of piperidine rings is 2. The van der Waals surface area contributed by atoms with E-state index in [-0.39, 0.29) is 17.0 Å². The Morgan fingerprint density at radius 1 is 0.808 bits per heavy atom. The molecule has 2 heterocycles. The van der Waals surface area contributed by atoms with Crippen molar-refractivity contribution < 1.29 is 4.79 Å². The molecule has 0 aromatic carbocycles. The molecule has 2 aliphatic rings. The highest BCUT2D eigenvalue weighted by atomic mass is 16.1. The minimum Gasteiger partial charge on any atom is -0.317 e. The normalized spacial score (nSPS) is 31.2. The van der Waals surface area contributed by atoms with Gasteiger partial charge >= 0.3 is 0 Å². The molecular formula is C22H45N3O. The molecule has 1 unspecified atom stereocenters. The summed E-state index contributed by atoms with van der Waals surface area (Å²) in [6.07, 6.45) is 3.44. The summed E-state index contributed by atoms with van der Waals surface area (Å²) in [6, 6.07) is 0.668. The van der Waals surface area contributed by atoms with Crippen LogP contribution < -0.4 is 5.32 Å². The Morgan fingerprint density at radius 2 is 1.19 bits per heavy atom. The highest BCUT2D eigenvalue weighted by Gasteiger charge is 2.47. The van der Waals surface area contributed by atoms with Crippen molar-refractivity contribution in [2.45, 2.75) is 110 Å². The van der Waals surface area contributed by atoms with Gasteiger partial charge in [-0.2, -0.15) is 0 Å². The van der Waals surface area contributed by atoms with Crippen LogP contribution in [-0.4, -0.2) is 64.9 Å². The van der Waals surface area contributed by atoms with Crippen LogP contribution in [-0.2, 0) is 4.79 Å². The van der Waals surface area contributed by atoms with E-state index in [1.54, 1.807) is 0 Å². The van der Waals surface area contributed by atoms with E-state index in [9.17, 15) is 4.79 Å². The number of ketones is 1. The van der Waals surface area contributed by atoms with Crippen LogP contribution in [0.1, 0.15) is 81.6 Å². The van der Waals surface area contributed by atoms with Crippen molar-refractivity contribution in [2.24, 2.45) is 5.92 Å². The molecule has 4 nitrogen and oxygen atoms in total. The maximum atomic E-state index is 11.9. The molecule has 1 N–H and O–H groups in total. The molecule has 4 heteroatoms. The third-order valence-corrected chi connectivity index (χ3v) is 7.32. The zero-order chi connectivity index (χ0) is 20.7. The number of hydrogen-bond acceptors (Lipinski definition) is 4. The second kappa shape index (κ2) is 7.52. The number of nitrogens with one attached hydrogen (secondary N) is 1. The van der Waals surface area contributed by atoms with E-state index < -0.39 is 0 Å². The number of carbonyl (C=O) groups is 1. The number of hydrogen-bond donors (Lipinski definition) is 1. The van der Waals surface area contributed by atoms with Crippen LogP contribution in [0.15, 0.2) is 0 Å². The van der Waals surface area contributed by atoms with Crippen molar-refractivity contribution in [3.63, 3.8) is 0 Å². The molecule has 26 heavy (non-hydrogen) atoms. The van der Waals surface area contributed by atoms with Gasteiger partial charge in [0.2, 0.25) is 0 Å². The largest absolute Gasteiger partial charge is 0.317 e. The summed E-state index contributed by atoms with van der Waals surface area (Å²) in [6.45, 7) is 19.8. The van der Waals surface area contributed by atoms with Crippen LogP contribution in [0.5, 0.6) is 0 Å². The van der Waals surface area contributed by atoms with Crippen LogP contribution in [0.4, 0.5) is 0 Å². The Labute approximate surface area is 163 Å². The zero-order valence-electron chi connectivity index (χ0n) is 19.6. The summed E-state index contributed by atoms with van der Waals surface area (Å²) < 4.78 is 0. The first-order chi connectivity index (χ1) is 11.5. The predicted molar refractivity (Wildman–Crippen MR) is 113 cm³/mol. The highest BCUT2D eigenvalue weighted by molar-refractivity contribution is 5.90. The van der Waals surface area contributed by atoms with E-state index in [4.69, 9.17) is 0 Å². The van der Waals surface area contributed by atoms with Crippen LogP contribution in [0.2, 0.25) is 0 Å². The lowest BCUT2D eigenvalue weighted by Crippen LogP contribution is -2.63. The monoisotopic (exact) mass is 367 g/mol. The van der Waals surface area contributed by atoms with Gasteiger partial charge in [0.15, 0.2) is 5.78 Å². The van der Waals surface area contributed by atoms with Gasteiger partial charge in [0.1, 0.15) is 0 Å². The van der Waals surface area contributed by atoms with Gasteiger partial charge in [-0.15, -0.1) is 0 Å². The molecule has 2 fully saturated rings. The van der Waals surface area contributed by atoms with Gasteiger partial charge in [-0.1, -0.05) is 6.92 Å². The van der Waals surface area contributed by atoms with E-state index in [1.807, 2.05) is 27.8 Å². The minimum atomic E-state index is -0.304. The molecule has 0 radical (unpaired) electrons. The van der Waals surface area contributed by atoms with Gasteiger partial charge < -0.3 is 5.32 Å². The molecule has 1 atom stereocenters. The average molecular weight is 368 g/mol. The Kier molecular flexibility index (Phi) is 6.82. The van der Waals surface area contributed by atoms with Crippen molar-refractivity contribution in [1.29, 1.82) is 0 Å². The van der Waals surface area contributed by atoms with Gasteiger partial charge in [0.25, 0.3) is 0 Å². The first kappa shape index (κ1) is 23.6. The molecule has 0 aromatic heterocycles. The second-order valence-corrected chi connectivity index (χ2v) is 11.0. The SMILES string of the molecule is CC1CC(C)(C)N(C)C(C)(C)C1=O.CNC1CC(C)(C)N(C)C(C)(C)C1. The van der Waals surface area contributed by atoms with Gasteiger partial charge in [0.05, 0.1) is 5.54 Å². The van der Waals surface area contributed by atoms with Crippen LogP contribution >= 0.6 is 0 Å². The van der Waals surface area contributed by atoms with E-state index >= 15 is 0 Å². The van der Waals surface area contributed by atoms with E-state index in [0.29, 0.717) is 22.9 Å². The number of carbonyl (C=O) groups excluding carboxylic acids is 1. The Balaban J connectivity index is 0.000000260. The van der Waals surface area contributed by atoms with Crippen molar-refractivity contribution in [3.8, 4) is 0 Å². The van der Waals surface area contributed by atoms with E-state index in [2.05, 4.69) is 70.8 Å². The average Bonchev–Trinajstić information content (AvgIpc) is 2.49. The maximum Gasteiger partial charge on any atom is 0.155 e. The molecule has 154 valence electrons. The van der Waals surface area contributed by atoms with E-state index in [0.717, 1.165) is 6.42 Å².